The fourth-order valence-electron chi connectivity index (χ4n) is 5.15. The number of hydrogen-bond donors (Lipinski definition) is 1. The van der Waals surface area contributed by atoms with Crippen molar-refractivity contribution in [2.75, 3.05) is 50.8 Å². The van der Waals surface area contributed by atoms with Crippen LogP contribution in [0.4, 0.5) is 5.69 Å². The van der Waals surface area contributed by atoms with Crippen molar-refractivity contribution in [3.05, 3.63) is 48.8 Å². The number of ether oxygens (including phenoxy) is 2. The summed E-state index contributed by atoms with van der Waals surface area (Å²) in [6, 6.07) is 13.5. The Balaban J connectivity index is 1.19. The molecule has 0 radical (unpaired) electrons. The third-order valence-corrected chi connectivity index (χ3v) is 7.47. The average Bonchev–Trinajstić information content (AvgIpc) is 3.48. The Morgan fingerprint density at radius 1 is 1.09 bits per heavy atom. The van der Waals surface area contributed by atoms with Gasteiger partial charge in [0.25, 0.3) is 0 Å². The number of hydrogen-bond acceptors (Lipinski definition) is 6. The SMILES string of the molecule is CC(Oc1cc(-c2ccc(N3CCN(C4COC4)CC3)cc2)cn2nccc12)C1CNC(=O)C1. The van der Waals surface area contributed by atoms with Crippen LogP contribution in [0.25, 0.3) is 16.6 Å². The van der Waals surface area contributed by atoms with Gasteiger partial charge in [0.05, 0.1) is 25.5 Å². The van der Waals surface area contributed by atoms with Crippen LogP contribution in [0.1, 0.15) is 13.3 Å². The molecule has 1 N–H and O–H groups in total. The molecular formula is C26H31N5O3. The third-order valence-electron chi connectivity index (χ3n) is 7.47. The number of carbonyl (C=O) groups is 1. The van der Waals surface area contributed by atoms with Gasteiger partial charge in [-0.3, -0.25) is 9.69 Å². The lowest BCUT2D eigenvalue weighted by Gasteiger charge is -2.43. The summed E-state index contributed by atoms with van der Waals surface area (Å²) in [5.41, 5.74) is 4.37. The predicted octanol–water partition coefficient (Wildman–Crippen LogP) is 2.43. The maximum atomic E-state index is 11.6. The highest BCUT2D eigenvalue weighted by atomic mass is 16.5. The van der Waals surface area contributed by atoms with Gasteiger partial charge < -0.3 is 19.7 Å². The summed E-state index contributed by atoms with van der Waals surface area (Å²) < 4.78 is 13.6. The molecular weight excluding hydrogens is 430 g/mol. The van der Waals surface area contributed by atoms with Crippen LogP contribution in [-0.4, -0.2) is 78.5 Å². The first-order chi connectivity index (χ1) is 16.6. The summed E-state index contributed by atoms with van der Waals surface area (Å²) in [5.74, 6) is 1.07. The van der Waals surface area contributed by atoms with E-state index in [4.69, 9.17) is 9.47 Å². The molecule has 2 unspecified atom stereocenters. The first-order valence-electron chi connectivity index (χ1n) is 12.2. The number of nitrogens with one attached hydrogen (secondary N) is 1. The number of amides is 1. The highest BCUT2D eigenvalue weighted by molar-refractivity contribution is 5.78. The van der Waals surface area contributed by atoms with E-state index in [0.29, 0.717) is 19.0 Å². The molecule has 0 bridgehead atoms. The van der Waals surface area contributed by atoms with Crippen LogP contribution in [0.15, 0.2) is 48.8 Å². The number of pyridine rings is 1. The lowest BCUT2D eigenvalue weighted by molar-refractivity contribution is -0.119. The van der Waals surface area contributed by atoms with Gasteiger partial charge in [-0.1, -0.05) is 12.1 Å². The number of carbonyl (C=O) groups excluding carboxylic acids is 1. The van der Waals surface area contributed by atoms with Gasteiger partial charge in [0, 0.05) is 62.5 Å². The lowest BCUT2D eigenvalue weighted by Crippen LogP contribution is -2.56. The van der Waals surface area contributed by atoms with E-state index in [-0.39, 0.29) is 17.9 Å². The van der Waals surface area contributed by atoms with E-state index in [1.54, 1.807) is 6.20 Å². The molecule has 178 valence electrons. The fourth-order valence-corrected chi connectivity index (χ4v) is 5.15. The van der Waals surface area contributed by atoms with E-state index in [1.807, 2.05) is 23.7 Å². The molecule has 6 rings (SSSR count). The smallest absolute Gasteiger partial charge is 0.220 e. The summed E-state index contributed by atoms with van der Waals surface area (Å²) in [4.78, 5) is 16.6. The fraction of sp³-hybridized carbons (Fsp3) is 0.462. The van der Waals surface area contributed by atoms with Crippen LogP contribution in [0.3, 0.4) is 0 Å². The molecule has 5 heterocycles. The van der Waals surface area contributed by atoms with Crippen molar-refractivity contribution >= 4 is 17.1 Å². The molecule has 0 spiro atoms. The number of benzene rings is 1. The highest BCUT2D eigenvalue weighted by Gasteiger charge is 2.29. The minimum atomic E-state index is -0.0690. The summed E-state index contributed by atoms with van der Waals surface area (Å²) in [6.45, 7) is 8.74. The largest absolute Gasteiger partial charge is 0.488 e. The van der Waals surface area contributed by atoms with Gasteiger partial charge in [-0.05, 0) is 36.8 Å². The number of aromatic nitrogens is 2. The van der Waals surface area contributed by atoms with Crippen molar-refractivity contribution in [2.45, 2.75) is 25.5 Å². The van der Waals surface area contributed by atoms with Gasteiger partial charge in [-0.2, -0.15) is 5.10 Å². The van der Waals surface area contributed by atoms with Crippen LogP contribution in [-0.2, 0) is 9.53 Å². The predicted molar refractivity (Wildman–Crippen MR) is 130 cm³/mol. The van der Waals surface area contributed by atoms with Crippen LogP contribution >= 0.6 is 0 Å². The average molecular weight is 462 g/mol. The summed E-state index contributed by atoms with van der Waals surface area (Å²) in [5, 5.41) is 7.36. The minimum absolute atomic E-state index is 0.0690. The number of piperazine rings is 1. The first kappa shape index (κ1) is 21.4. The maximum absolute atomic E-state index is 11.6. The van der Waals surface area contributed by atoms with E-state index in [1.165, 1.54) is 5.69 Å². The van der Waals surface area contributed by atoms with Crippen LogP contribution < -0.4 is 15.0 Å². The Morgan fingerprint density at radius 2 is 1.88 bits per heavy atom. The van der Waals surface area contributed by atoms with Crippen molar-refractivity contribution < 1.29 is 14.3 Å². The van der Waals surface area contributed by atoms with E-state index >= 15 is 0 Å². The number of nitrogens with zero attached hydrogens (tertiary/aromatic N) is 4. The molecule has 34 heavy (non-hydrogen) atoms. The zero-order chi connectivity index (χ0) is 23.1. The topological polar surface area (TPSA) is 71.3 Å². The molecule has 3 saturated heterocycles. The molecule has 2 aromatic heterocycles. The molecule has 3 fully saturated rings. The van der Waals surface area contributed by atoms with Gasteiger partial charge in [0.2, 0.25) is 5.91 Å². The highest BCUT2D eigenvalue weighted by Crippen LogP contribution is 2.31. The minimum Gasteiger partial charge on any atom is -0.488 e. The zero-order valence-electron chi connectivity index (χ0n) is 19.5. The van der Waals surface area contributed by atoms with Gasteiger partial charge in [0.15, 0.2) is 0 Å². The Bertz CT molecular complexity index is 1160. The van der Waals surface area contributed by atoms with E-state index in [0.717, 1.165) is 61.8 Å². The third kappa shape index (κ3) is 4.12. The van der Waals surface area contributed by atoms with Crippen molar-refractivity contribution in [1.29, 1.82) is 0 Å². The standard InChI is InChI=1S/C26H31N5O3/c1-18(20-13-26(32)27-14-20)34-25-12-21(15-31-24(25)6-7-28-31)19-2-4-22(5-3-19)29-8-10-30(11-9-29)23-16-33-17-23/h2-7,12,15,18,20,23H,8-11,13-14,16-17H2,1H3,(H,27,32). The number of rotatable bonds is 6. The van der Waals surface area contributed by atoms with Crippen LogP contribution in [0.2, 0.25) is 0 Å². The molecule has 3 aliphatic rings. The van der Waals surface area contributed by atoms with E-state index in [9.17, 15) is 4.79 Å². The Labute approximate surface area is 199 Å². The second kappa shape index (κ2) is 8.92. The van der Waals surface area contributed by atoms with Crippen molar-refractivity contribution in [3.8, 4) is 16.9 Å². The molecule has 2 atom stereocenters. The monoisotopic (exact) mass is 461 g/mol. The second-order valence-electron chi connectivity index (χ2n) is 9.61. The Kier molecular flexibility index (Phi) is 5.63. The second-order valence-corrected chi connectivity index (χ2v) is 9.61. The van der Waals surface area contributed by atoms with Gasteiger partial charge >= 0.3 is 0 Å². The van der Waals surface area contributed by atoms with Gasteiger partial charge in [-0.25, -0.2) is 4.52 Å². The maximum Gasteiger partial charge on any atom is 0.220 e. The molecule has 8 heteroatoms. The molecule has 0 aliphatic carbocycles. The molecule has 3 aromatic rings. The Morgan fingerprint density at radius 3 is 2.56 bits per heavy atom. The van der Waals surface area contributed by atoms with E-state index < -0.39 is 0 Å². The van der Waals surface area contributed by atoms with Gasteiger partial charge in [0.1, 0.15) is 17.4 Å². The molecule has 0 saturated carbocycles. The molecule has 1 amide bonds. The first-order valence-corrected chi connectivity index (χ1v) is 12.2. The van der Waals surface area contributed by atoms with Crippen molar-refractivity contribution in [3.63, 3.8) is 0 Å². The molecule has 1 aromatic carbocycles. The zero-order valence-corrected chi connectivity index (χ0v) is 19.5. The van der Waals surface area contributed by atoms with Crippen LogP contribution in [0.5, 0.6) is 5.75 Å². The Hall–Kier alpha value is -3.10. The normalized spacial score (nSPS) is 22.6. The summed E-state index contributed by atoms with van der Waals surface area (Å²) in [7, 11) is 0. The summed E-state index contributed by atoms with van der Waals surface area (Å²) >= 11 is 0. The number of anilines is 1. The molecule has 8 nitrogen and oxygen atoms in total. The number of fused-ring (bicyclic) bond motifs is 1. The lowest BCUT2D eigenvalue weighted by atomic mass is 10.0. The van der Waals surface area contributed by atoms with Crippen LogP contribution in [0, 0.1) is 5.92 Å². The van der Waals surface area contributed by atoms with Crippen molar-refractivity contribution in [2.24, 2.45) is 5.92 Å². The molecule has 3 aliphatic heterocycles. The van der Waals surface area contributed by atoms with Gasteiger partial charge in [-0.15, -0.1) is 0 Å². The quantitative estimate of drug-likeness (QED) is 0.608. The summed E-state index contributed by atoms with van der Waals surface area (Å²) in [6.07, 6.45) is 4.28. The van der Waals surface area contributed by atoms with E-state index in [2.05, 4.69) is 50.5 Å². The van der Waals surface area contributed by atoms with Crippen molar-refractivity contribution in [1.82, 2.24) is 19.8 Å².